The molecule has 2 heterocycles. The topological polar surface area (TPSA) is 67.5 Å². The van der Waals surface area contributed by atoms with Crippen molar-refractivity contribution >= 4 is 23.2 Å². The lowest BCUT2D eigenvalue weighted by Gasteiger charge is -2.08. The van der Waals surface area contributed by atoms with Crippen molar-refractivity contribution in [3.8, 4) is 0 Å². The van der Waals surface area contributed by atoms with E-state index in [4.69, 9.17) is 5.11 Å². The monoisotopic (exact) mass is 237 g/mol. The van der Waals surface area contributed by atoms with Gasteiger partial charge in [-0.3, -0.25) is 4.79 Å². The van der Waals surface area contributed by atoms with Gasteiger partial charge in [0.1, 0.15) is 10.3 Å². The molecule has 0 aromatic carbocycles. The number of rotatable bonds is 4. The molecule has 2 aromatic heterocycles. The number of fused-ring (bicyclic) bond motifs is 1. The number of carboxylic acid groups (broad SMARTS) is 1. The van der Waals surface area contributed by atoms with Crippen LogP contribution in [0.25, 0.3) is 5.52 Å². The van der Waals surface area contributed by atoms with Crippen LogP contribution in [0.1, 0.15) is 13.3 Å². The van der Waals surface area contributed by atoms with Gasteiger partial charge in [0.2, 0.25) is 0 Å². The van der Waals surface area contributed by atoms with E-state index in [9.17, 15) is 4.79 Å². The first-order valence-electron chi connectivity index (χ1n) is 4.90. The van der Waals surface area contributed by atoms with Crippen molar-refractivity contribution in [2.75, 3.05) is 0 Å². The van der Waals surface area contributed by atoms with Crippen LogP contribution < -0.4 is 0 Å². The number of hydrogen-bond donors (Lipinski definition) is 1. The van der Waals surface area contributed by atoms with Crippen molar-refractivity contribution in [2.24, 2.45) is 0 Å². The van der Waals surface area contributed by atoms with E-state index in [0.717, 1.165) is 5.52 Å². The molecule has 0 spiro atoms. The number of aliphatic carboxylic acids is 1. The summed E-state index contributed by atoms with van der Waals surface area (Å²) >= 11 is 1.26. The summed E-state index contributed by atoms with van der Waals surface area (Å²) in [5.74, 6) is -0.809. The number of aromatic nitrogens is 3. The van der Waals surface area contributed by atoms with Gasteiger partial charge in [0.05, 0.1) is 11.7 Å². The first kappa shape index (κ1) is 10.9. The molecule has 0 aliphatic heterocycles. The number of nitrogens with zero attached hydrogens (tertiary/aromatic N) is 3. The van der Waals surface area contributed by atoms with Crippen molar-refractivity contribution in [3.05, 3.63) is 24.7 Å². The quantitative estimate of drug-likeness (QED) is 0.819. The molecule has 0 radical (unpaired) electrons. The van der Waals surface area contributed by atoms with Crippen LogP contribution in [0, 0.1) is 0 Å². The summed E-state index contributed by atoms with van der Waals surface area (Å²) in [6, 6.07) is 1.82. The molecular formula is C10H11N3O2S. The number of carbonyl (C=O) groups is 1. The van der Waals surface area contributed by atoms with E-state index in [1.807, 2.05) is 13.0 Å². The van der Waals surface area contributed by atoms with E-state index < -0.39 is 11.2 Å². The third-order valence-electron chi connectivity index (χ3n) is 2.19. The summed E-state index contributed by atoms with van der Waals surface area (Å²) in [4.78, 5) is 15.1. The van der Waals surface area contributed by atoms with Crippen molar-refractivity contribution in [1.29, 1.82) is 0 Å². The summed E-state index contributed by atoms with van der Waals surface area (Å²) in [6.07, 6.45) is 5.59. The summed E-state index contributed by atoms with van der Waals surface area (Å²) < 4.78 is 1.68. The van der Waals surface area contributed by atoms with Crippen LogP contribution in [-0.4, -0.2) is 30.9 Å². The van der Waals surface area contributed by atoms with Gasteiger partial charge < -0.3 is 5.11 Å². The molecule has 2 rings (SSSR count). The Morgan fingerprint density at radius 2 is 2.44 bits per heavy atom. The average molecular weight is 237 g/mol. The van der Waals surface area contributed by atoms with Gasteiger partial charge in [0.25, 0.3) is 0 Å². The Balaban J connectivity index is 2.33. The van der Waals surface area contributed by atoms with Gasteiger partial charge in [-0.2, -0.15) is 5.10 Å². The minimum atomic E-state index is -0.809. The van der Waals surface area contributed by atoms with E-state index in [1.54, 1.807) is 23.1 Å². The van der Waals surface area contributed by atoms with Gasteiger partial charge in [-0.15, -0.1) is 0 Å². The molecule has 0 bridgehead atoms. The fourth-order valence-corrected chi connectivity index (χ4v) is 2.31. The molecule has 0 aliphatic carbocycles. The second-order valence-corrected chi connectivity index (χ2v) is 4.44. The Morgan fingerprint density at radius 3 is 3.12 bits per heavy atom. The van der Waals surface area contributed by atoms with Crippen molar-refractivity contribution in [2.45, 2.75) is 23.6 Å². The average Bonchev–Trinajstić information content (AvgIpc) is 2.73. The highest BCUT2D eigenvalue weighted by Crippen LogP contribution is 2.26. The maximum atomic E-state index is 10.9. The molecule has 0 saturated heterocycles. The molecule has 0 amide bonds. The second-order valence-electron chi connectivity index (χ2n) is 3.25. The molecule has 0 aliphatic rings. The van der Waals surface area contributed by atoms with Gasteiger partial charge in [0, 0.05) is 12.4 Å². The standard InChI is InChI=1S/C10H11N3O2S/c1-2-8(10(14)15)16-9-7-3-4-12-13(7)6-5-11-9/h3-6,8H,2H2,1H3,(H,14,15). The Labute approximate surface area is 96.5 Å². The predicted octanol–water partition coefficient (Wildman–Crippen LogP) is 1.68. The zero-order chi connectivity index (χ0) is 11.5. The minimum absolute atomic E-state index is 0.464. The maximum absolute atomic E-state index is 10.9. The van der Waals surface area contributed by atoms with Gasteiger partial charge in [-0.05, 0) is 12.5 Å². The van der Waals surface area contributed by atoms with Crippen LogP contribution in [-0.2, 0) is 4.79 Å². The Morgan fingerprint density at radius 1 is 1.62 bits per heavy atom. The van der Waals surface area contributed by atoms with Gasteiger partial charge in [0.15, 0.2) is 0 Å². The summed E-state index contributed by atoms with van der Waals surface area (Å²) in [5, 5.41) is 13.3. The molecule has 1 N–H and O–H groups in total. The molecule has 5 nitrogen and oxygen atoms in total. The fraction of sp³-hybridized carbons (Fsp3) is 0.300. The highest BCUT2D eigenvalue weighted by molar-refractivity contribution is 8.00. The van der Waals surface area contributed by atoms with E-state index in [2.05, 4.69) is 10.1 Å². The van der Waals surface area contributed by atoms with Gasteiger partial charge >= 0.3 is 5.97 Å². The molecular weight excluding hydrogens is 226 g/mol. The largest absolute Gasteiger partial charge is 0.480 e. The predicted molar refractivity (Wildman–Crippen MR) is 60.6 cm³/mol. The Kier molecular flexibility index (Phi) is 3.09. The lowest BCUT2D eigenvalue weighted by molar-refractivity contribution is -0.136. The Hall–Kier alpha value is -1.56. The van der Waals surface area contributed by atoms with E-state index in [0.29, 0.717) is 11.4 Å². The lowest BCUT2D eigenvalue weighted by Crippen LogP contribution is -2.15. The van der Waals surface area contributed by atoms with Crippen LogP contribution in [0.15, 0.2) is 29.7 Å². The molecule has 84 valence electrons. The highest BCUT2D eigenvalue weighted by atomic mass is 32.2. The van der Waals surface area contributed by atoms with E-state index in [1.165, 1.54) is 11.8 Å². The summed E-state index contributed by atoms with van der Waals surface area (Å²) in [6.45, 7) is 1.85. The Bertz CT molecular complexity index is 511. The van der Waals surface area contributed by atoms with Crippen LogP contribution >= 0.6 is 11.8 Å². The van der Waals surface area contributed by atoms with E-state index in [-0.39, 0.29) is 0 Å². The lowest BCUT2D eigenvalue weighted by atomic mass is 10.3. The second kappa shape index (κ2) is 4.52. The van der Waals surface area contributed by atoms with Gasteiger partial charge in [-0.1, -0.05) is 18.7 Å². The summed E-state index contributed by atoms with van der Waals surface area (Å²) in [7, 11) is 0. The SMILES string of the molecule is CCC(Sc1nccn2nccc12)C(=O)O. The fourth-order valence-electron chi connectivity index (χ4n) is 1.37. The van der Waals surface area contributed by atoms with Crippen LogP contribution in [0.2, 0.25) is 0 Å². The highest BCUT2D eigenvalue weighted by Gasteiger charge is 2.18. The first-order valence-corrected chi connectivity index (χ1v) is 5.78. The molecule has 1 unspecified atom stereocenters. The van der Waals surface area contributed by atoms with Crippen LogP contribution in [0.5, 0.6) is 0 Å². The first-order chi connectivity index (χ1) is 7.72. The van der Waals surface area contributed by atoms with Crippen LogP contribution in [0.3, 0.4) is 0 Å². The molecule has 6 heteroatoms. The number of hydrogen-bond acceptors (Lipinski definition) is 4. The third-order valence-corrected chi connectivity index (χ3v) is 3.55. The molecule has 0 saturated carbocycles. The van der Waals surface area contributed by atoms with Gasteiger partial charge in [-0.25, -0.2) is 9.50 Å². The molecule has 16 heavy (non-hydrogen) atoms. The minimum Gasteiger partial charge on any atom is -0.480 e. The van der Waals surface area contributed by atoms with E-state index >= 15 is 0 Å². The smallest absolute Gasteiger partial charge is 0.317 e. The third kappa shape index (κ3) is 2.01. The zero-order valence-electron chi connectivity index (χ0n) is 8.70. The summed E-state index contributed by atoms with van der Waals surface area (Å²) in [5.41, 5.74) is 0.840. The maximum Gasteiger partial charge on any atom is 0.317 e. The van der Waals surface area contributed by atoms with Crippen molar-refractivity contribution in [1.82, 2.24) is 14.6 Å². The van der Waals surface area contributed by atoms with Crippen molar-refractivity contribution < 1.29 is 9.90 Å². The van der Waals surface area contributed by atoms with Crippen LogP contribution in [0.4, 0.5) is 0 Å². The normalized spacial score (nSPS) is 12.8. The number of thioether (sulfide) groups is 1. The zero-order valence-corrected chi connectivity index (χ0v) is 9.52. The number of carboxylic acids is 1. The van der Waals surface area contributed by atoms with Crippen molar-refractivity contribution in [3.63, 3.8) is 0 Å². The molecule has 2 aromatic rings. The molecule has 1 atom stereocenters. The molecule has 0 fully saturated rings.